The van der Waals surface area contributed by atoms with E-state index in [1.807, 2.05) is 30.4 Å². The fourth-order valence-corrected chi connectivity index (χ4v) is 2.98. The summed E-state index contributed by atoms with van der Waals surface area (Å²) < 4.78 is 10.9. The number of rotatable bonds is 4. The second-order valence-electron chi connectivity index (χ2n) is 5.97. The van der Waals surface area contributed by atoms with Crippen molar-refractivity contribution in [2.75, 3.05) is 20.3 Å². The third-order valence-corrected chi connectivity index (χ3v) is 4.24. The first-order valence-corrected chi connectivity index (χ1v) is 7.84. The number of benzene rings is 1. The molecule has 0 aromatic heterocycles. The Labute approximate surface area is 135 Å². The molecule has 1 aromatic rings. The Bertz CT molecular complexity index is 602. The van der Waals surface area contributed by atoms with Gasteiger partial charge in [0.2, 0.25) is 0 Å². The lowest BCUT2D eigenvalue weighted by molar-refractivity contribution is 0.210. The first-order valence-electron chi connectivity index (χ1n) is 7.84. The highest BCUT2D eigenvalue weighted by molar-refractivity contribution is 5.75. The molecule has 2 aliphatic rings. The predicted octanol–water partition coefficient (Wildman–Crippen LogP) is 1.23. The molecule has 6 nitrogen and oxygen atoms in total. The Balaban J connectivity index is 1.51. The third-order valence-electron chi connectivity index (χ3n) is 4.24. The highest BCUT2D eigenvalue weighted by atomic mass is 16.5. The Hall–Kier alpha value is -2.21. The molecular weight excluding hydrogens is 296 g/mol. The monoisotopic (exact) mass is 318 g/mol. The minimum Gasteiger partial charge on any atom is -0.497 e. The van der Waals surface area contributed by atoms with Gasteiger partial charge in [-0.1, -0.05) is 18.2 Å². The molecule has 0 saturated heterocycles. The van der Waals surface area contributed by atoms with E-state index < -0.39 is 0 Å². The number of urea groups is 1. The summed E-state index contributed by atoms with van der Waals surface area (Å²) in [6.45, 7) is 0.556. The molecule has 3 N–H and O–H groups in total. The van der Waals surface area contributed by atoms with Gasteiger partial charge in [0.25, 0.3) is 0 Å². The predicted molar refractivity (Wildman–Crippen MR) is 85.8 cm³/mol. The number of aliphatic hydroxyl groups is 1. The van der Waals surface area contributed by atoms with Gasteiger partial charge in [-0.05, 0) is 24.5 Å². The van der Waals surface area contributed by atoms with Crippen molar-refractivity contribution < 1.29 is 19.4 Å². The molecule has 1 unspecified atom stereocenters. The van der Waals surface area contributed by atoms with E-state index >= 15 is 0 Å². The smallest absolute Gasteiger partial charge is 0.315 e. The maximum absolute atomic E-state index is 12.1. The van der Waals surface area contributed by atoms with E-state index in [1.54, 1.807) is 7.11 Å². The number of methoxy groups -OCH3 is 1. The van der Waals surface area contributed by atoms with E-state index in [9.17, 15) is 4.79 Å². The summed E-state index contributed by atoms with van der Waals surface area (Å²) in [7, 11) is 1.62. The Morgan fingerprint density at radius 1 is 1.39 bits per heavy atom. The second kappa shape index (κ2) is 6.91. The fraction of sp³-hybridized carbons (Fsp3) is 0.471. The summed E-state index contributed by atoms with van der Waals surface area (Å²) in [5, 5.41) is 15.0. The van der Waals surface area contributed by atoms with Gasteiger partial charge in [-0.2, -0.15) is 0 Å². The summed E-state index contributed by atoms with van der Waals surface area (Å²) in [4.78, 5) is 12.1. The van der Waals surface area contributed by atoms with Gasteiger partial charge >= 0.3 is 6.03 Å². The average molecular weight is 318 g/mol. The van der Waals surface area contributed by atoms with Crippen molar-refractivity contribution in [3.05, 3.63) is 35.9 Å². The van der Waals surface area contributed by atoms with Crippen LogP contribution >= 0.6 is 0 Å². The van der Waals surface area contributed by atoms with Crippen molar-refractivity contribution in [2.24, 2.45) is 5.92 Å². The molecular formula is C17H22N2O4. The molecule has 1 aliphatic carbocycles. The van der Waals surface area contributed by atoms with Crippen LogP contribution in [0.15, 0.2) is 30.4 Å². The fourth-order valence-electron chi connectivity index (χ4n) is 2.98. The van der Waals surface area contributed by atoms with E-state index in [-0.39, 0.29) is 30.6 Å². The molecule has 23 heavy (non-hydrogen) atoms. The van der Waals surface area contributed by atoms with Crippen LogP contribution in [0.25, 0.3) is 0 Å². The number of hydrogen-bond donors (Lipinski definition) is 3. The maximum Gasteiger partial charge on any atom is 0.315 e. The van der Waals surface area contributed by atoms with Crippen LogP contribution < -0.4 is 20.1 Å². The number of amides is 2. The molecule has 0 spiro atoms. The van der Waals surface area contributed by atoms with Gasteiger partial charge in [0, 0.05) is 24.6 Å². The van der Waals surface area contributed by atoms with Crippen LogP contribution in [0.4, 0.5) is 4.79 Å². The molecule has 0 saturated carbocycles. The largest absolute Gasteiger partial charge is 0.497 e. The molecule has 1 heterocycles. The zero-order valence-electron chi connectivity index (χ0n) is 13.1. The molecule has 124 valence electrons. The van der Waals surface area contributed by atoms with Gasteiger partial charge in [0.15, 0.2) is 0 Å². The number of nitrogens with one attached hydrogen (secondary N) is 2. The van der Waals surface area contributed by atoms with Crippen molar-refractivity contribution in [1.82, 2.24) is 10.6 Å². The van der Waals surface area contributed by atoms with E-state index in [2.05, 4.69) is 10.6 Å². The van der Waals surface area contributed by atoms with Crippen molar-refractivity contribution >= 4 is 6.03 Å². The summed E-state index contributed by atoms with van der Waals surface area (Å²) in [5.74, 6) is 1.71. The molecule has 0 fully saturated rings. The minimum atomic E-state index is -0.205. The number of carbonyl (C=O) groups excluding carboxylic acids is 1. The van der Waals surface area contributed by atoms with Crippen molar-refractivity contribution in [3.63, 3.8) is 0 Å². The second-order valence-corrected chi connectivity index (χ2v) is 5.97. The number of aliphatic hydroxyl groups excluding tert-OH is 1. The first-order chi connectivity index (χ1) is 11.2. The van der Waals surface area contributed by atoms with Crippen LogP contribution in [0.2, 0.25) is 0 Å². The third kappa shape index (κ3) is 3.76. The van der Waals surface area contributed by atoms with Gasteiger partial charge in [0.05, 0.1) is 13.2 Å². The van der Waals surface area contributed by atoms with Gasteiger partial charge in [-0.25, -0.2) is 4.79 Å². The lowest BCUT2D eigenvalue weighted by Crippen LogP contribution is -2.49. The molecule has 1 aliphatic heterocycles. The van der Waals surface area contributed by atoms with Crippen LogP contribution in [-0.2, 0) is 6.42 Å². The summed E-state index contributed by atoms with van der Waals surface area (Å²) >= 11 is 0. The summed E-state index contributed by atoms with van der Waals surface area (Å²) in [6, 6.07) is 5.44. The number of fused-ring (bicyclic) bond motifs is 1. The van der Waals surface area contributed by atoms with Crippen molar-refractivity contribution in [1.29, 1.82) is 0 Å². The van der Waals surface area contributed by atoms with Crippen molar-refractivity contribution in [3.8, 4) is 11.5 Å². The first kappa shape index (κ1) is 15.7. The topological polar surface area (TPSA) is 79.8 Å². The molecule has 3 atom stereocenters. The number of carbonyl (C=O) groups is 1. The average Bonchev–Trinajstić information content (AvgIpc) is 3.01. The van der Waals surface area contributed by atoms with E-state index in [1.165, 1.54) is 0 Å². The van der Waals surface area contributed by atoms with Crippen LogP contribution in [0.1, 0.15) is 12.0 Å². The molecule has 2 amide bonds. The van der Waals surface area contributed by atoms with E-state index in [4.69, 9.17) is 14.6 Å². The van der Waals surface area contributed by atoms with Gasteiger partial charge in [-0.15, -0.1) is 0 Å². The van der Waals surface area contributed by atoms with Crippen LogP contribution in [0, 0.1) is 5.92 Å². The van der Waals surface area contributed by atoms with Gasteiger partial charge in [-0.3, -0.25) is 0 Å². The molecule has 0 bridgehead atoms. The zero-order chi connectivity index (χ0) is 16.2. The number of hydrogen-bond acceptors (Lipinski definition) is 4. The maximum atomic E-state index is 12.1. The van der Waals surface area contributed by atoms with Crippen molar-refractivity contribution in [2.45, 2.75) is 24.9 Å². The molecule has 1 aromatic carbocycles. The van der Waals surface area contributed by atoms with Crippen LogP contribution in [-0.4, -0.2) is 43.5 Å². The van der Waals surface area contributed by atoms with Crippen LogP contribution in [0.5, 0.6) is 11.5 Å². The Morgan fingerprint density at radius 2 is 2.26 bits per heavy atom. The van der Waals surface area contributed by atoms with E-state index in [0.29, 0.717) is 6.61 Å². The molecule has 3 rings (SSSR count). The standard InChI is InChI=1S/C17H22N2O4/c1-22-15-5-3-12-7-14(10-23-16(12)8-15)19-17(21)18-13-4-2-11(6-13)9-20/h2-5,8,11,13-14,20H,6-7,9-10H2,1H3,(H2,18,19,21)/t11-,13+,14?/m0/s1. The lowest BCUT2D eigenvalue weighted by Gasteiger charge is -2.27. The molecule has 6 heteroatoms. The normalized spacial score (nSPS) is 25.4. The van der Waals surface area contributed by atoms with E-state index in [0.717, 1.165) is 29.9 Å². The quantitative estimate of drug-likeness (QED) is 0.730. The van der Waals surface area contributed by atoms with Crippen LogP contribution in [0.3, 0.4) is 0 Å². The van der Waals surface area contributed by atoms with Gasteiger partial charge < -0.3 is 25.2 Å². The van der Waals surface area contributed by atoms with Gasteiger partial charge in [0.1, 0.15) is 18.1 Å². The number of ether oxygens (including phenoxy) is 2. The Morgan fingerprint density at radius 3 is 3.00 bits per heavy atom. The minimum absolute atomic E-state index is 0.0202. The SMILES string of the molecule is COc1ccc2c(c1)OCC(NC(=O)N[C@@H]1C=C[C@H](CO)C1)C2. The summed E-state index contributed by atoms with van der Waals surface area (Å²) in [6.07, 6.45) is 5.35. The highest BCUT2D eigenvalue weighted by Crippen LogP contribution is 2.29. The highest BCUT2D eigenvalue weighted by Gasteiger charge is 2.24. The lowest BCUT2D eigenvalue weighted by atomic mass is 10.0. The molecule has 0 radical (unpaired) electrons. The Kier molecular flexibility index (Phi) is 4.71. The summed E-state index contributed by atoms with van der Waals surface area (Å²) in [5.41, 5.74) is 1.06. The zero-order valence-corrected chi connectivity index (χ0v) is 13.1.